The van der Waals surface area contributed by atoms with Crippen LogP contribution in [0.3, 0.4) is 0 Å². The standard InChI is InChI=1S/C5H5N3O5/c6-1-2-3(13-5(1)10)4(9)8(12)7(2)11/h9-11H,6H2. The van der Waals surface area contributed by atoms with Crippen molar-refractivity contribution in [2.45, 2.75) is 0 Å². The van der Waals surface area contributed by atoms with Gasteiger partial charge in [0.15, 0.2) is 5.69 Å². The molecule has 0 aliphatic carbocycles. The zero-order valence-corrected chi connectivity index (χ0v) is 6.13. The topological polar surface area (TPSA) is 132 Å². The van der Waals surface area contributed by atoms with Crippen LogP contribution in [0.15, 0.2) is 4.42 Å². The Labute approximate surface area is 70.1 Å². The molecule has 8 nitrogen and oxygen atoms in total. The van der Waals surface area contributed by atoms with Gasteiger partial charge >= 0.3 is 11.8 Å². The van der Waals surface area contributed by atoms with Crippen LogP contribution in [0.25, 0.3) is 11.1 Å². The summed E-state index contributed by atoms with van der Waals surface area (Å²) in [6.45, 7) is 0. The third-order valence-electron chi connectivity index (χ3n) is 1.66. The van der Waals surface area contributed by atoms with Gasteiger partial charge in [-0.2, -0.15) is 0 Å². The number of anilines is 1. The molecule has 0 spiro atoms. The fourth-order valence-electron chi connectivity index (χ4n) is 1.04. The Morgan fingerprint density at radius 1 is 1.46 bits per heavy atom. The highest BCUT2D eigenvalue weighted by Crippen LogP contribution is 2.36. The minimum absolute atomic E-state index is 0.0310. The Kier molecular flexibility index (Phi) is 1.09. The Balaban J connectivity index is 3.01. The zero-order chi connectivity index (χ0) is 9.75. The van der Waals surface area contributed by atoms with Gasteiger partial charge < -0.3 is 30.8 Å². The van der Waals surface area contributed by atoms with E-state index in [0.29, 0.717) is 0 Å². The third-order valence-corrected chi connectivity index (χ3v) is 1.66. The van der Waals surface area contributed by atoms with Crippen molar-refractivity contribution in [2.75, 3.05) is 5.73 Å². The molecule has 2 aromatic rings. The van der Waals surface area contributed by atoms with Crippen LogP contribution in [0.4, 0.5) is 5.69 Å². The van der Waals surface area contributed by atoms with Gasteiger partial charge in [-0.3, -0.25) is 0 Å². The molecule has 0 unspecified atom stereocenters. The van der Waals surface area contributed by atoms with Crippen molar-refractivity contribution < 1.29 is 24.7 Å². The summed E-state index contributed by atoms with van der Waals surface area (Å²) < 4.78 is 4.51. The number of nitrogens with two attached hydrogens (primary N) is 1. The van der Waals surface area contributed by atoms with Gasteiger partial charge in [-0.25, -0.2) is 0 Å². The van der Waals surface area contributed by atoms with Crippen LogP contribution in [-0.4, -0.2) is 20.3 Å². The van der Waals surface area contributed by atoms with Crippen LogP contribution in [0.5, 0.6) is 11.8 Å². The number of nitrogen functional groups attached to an aromatic ring is 1. The van der Waals surface area contributed by atoms with Crippen LogP contribution in [0.1, 0.15) is 0 Å². The van der Waals surface area contributed by atoms with Crippen LogP contribution in [0, 0.1) is 5.21 Å². The summed E-state index contributed by atoms with van der Waals surface area (Å²) in [6, 6.07) is 0. The van der Waals surface area contributed by atoms with E-state index in [2.05, 4.69) is 4.42 Å². The molecule has 0 fully saturated rings. The van der Waals surface area contributed by atoms with Crippen molar-refractivity contribution >= 4 is 16.8 Å². The highest BCUT2D eigenvalue weighted by Gasteiger charge is 2.29. The average Bonchev–Trinajstić information content (AvgIpc) is 2.48. The molecule has 0 amide bonds. The molecule has 2 rings (SSSR count). The summed E-state index contributed by atoms with van der Waals surface area (Å²) in [4.78, 5) is -0.201. The molecule has 13 heavy (non-hydrogen) atoms. The summed E-state index contributed by atoms with van der Waals surface area (Å²) >= 11 is 0. The lowest BCUT2D eigenvalue weighted by Crippen LogP contribution is -2.35. The fourth-order valence-corrected chi connectivity index (χ4v) is 1.04. The number of fused-ring (bicyclic) bond motifs is 1. The predicted octanol–water partition coefficient (Wildman–Crippen LogP) is -0.902. The molecule has 2 aromatic heterocycles. The Bertz CT molecular complexity index is 484. The number of aromatic nitrogens is 2. The lowest BCUT2D eigenvalue weighted by Gasteiger charge is -1.93. The van der Waals surface area contributed by atoms with Gasteiger partial charge in [0.25, 0.3) is 5.58 Å². The third kappa shape index (κ3) is 0.662. The first-order chi connectivity index (χ1) is 6.04. The second-order valence-electron chi connectivity index (χ2n) is 2.38. The Morgan fingerprint density at radius 3 is 2.62 bits per heavy atom. The number of hydrogen-bond acceptors (Lipinski definition) is 6. The summed E-state index contributed by atoms with van der Waals surface area (Å²) in [5.74, 6) is -1.53. The zero-order valence-electron chi connectivity index (χ0n) is 6.13. The smallest absolute Gasteiger partial charge is 0.451 e. The fraction of sp³-hybridized carbons (Fsp3) is 0. The number of nitrogens with zero attached hydrogens (tertiary/aromatic N) is 2. The molecular weight excluding hydrogens is 182 g/mol. The molecule has 8 heteroatoms. The van der Waals surface area contributed by atoms with E-state index in [-0.39, 0.29) is 26.5 Å². The van der Waals surface area contributed by atoms with Crippen LogP contribution in [-0.2, 0) is 0 Å². The minimum atomic E-state index is -0.871. The molecule has 0 saturated carbocycles. The van der Waals surface area contributed by atoms with Gasteiger partial charge in [0.05, 0.1) is 0 Å². The molecule has 2 heterocycles. The Morgan fingerprint density at radius 2 is 2.08 bits per heavy atom. The Hall–Kier alpha value is -2.25. The van der Waals surface area contributed by atoms with E-state index in [1.54, 1.807) is 0 Å². The first-order valence-electron chi connectivity index (χ1n) is 3.17. The van der Waals surface area contributed by atoms with Crippen molar-refractivity contribution in [1.82, 2.24) is 4.85 Å². The second kappa shape index (κ2) is 1.91. The maximum absolute atomic E-state index is 10.8. The van der Waals surface area contributed by atoms with Gasteiger partial charge in [0, 0.05) is 4.85 Å². The summed E-state index contributed by atoms with van der Waals surface area (Å²) in [7, 11) is 0. The van der Waals surface area contributed by atoms with Crippen LogP contribution in [0.2, 0.25) is 0 Å². The number of aromatic hydroxyl groups is 2. The number of rotatable bonds is 0. The van der Waals surface area contributed by atoms with Gasteiger partial charge in [-0.1, -0.05) is 0 Å². The molecule has 0 atom stereocenters. The van der Waals surface area contributed by atoms with Gasteiger partial charge in [0.1, 0.15) is 0 Å². The molecular formula is C5H5N3O5. The van der Waals surface area contributed by atoms with Crippen LogP contribution >= 0.6 is 0 Å². The molecule has 0 bridgehead atoms. The van der Waals surface area contributed by atoms with Crippen molar-refractivity contribution in [2.24, 2.45) is 0 Å². The summed E-state index contributed by atoms with van der Waals surface area (Å²) in [5.41, 5.74) is 4.27. The average molecular weight is 187 g/mol. The van der Waals surface area contributed by atoms with E-state index in [4.69, 9.17) is 21.2 Å². The maximum Gasteiger partial charge on any atom is 0.451 e. The molecule has 0 saturated heterocycles. The van der Waals surface area contributed by atoms with E-state index < -0.39 is 11.8 Å². The first-order valence-corrected chi connectivity index (χ1v) is 3.17. The summed E-state index contributed by atoms with van der Waals surface area (Å²) in [5, 5.41) is 37.8. The molecule has 0 radical (unpaired) electrons. The maximum atomic E-state index is 10.8. The van der Waals surface area contributed by atoms with E-state index in [9.17, 15) is 5.21 Å². The lowest BCUT2D eigenvalue weighted by molar-refractivity contribution is -0.726. The van der Waals surface area contributed by atoms with Gasteiger partial charge in [-0.05, 0) is 4.85 Å². The predicted molar refractivity (Wildman–Crippen MR) is 38.1 cm³/mol. The summed E-state index contributed by atoms with van der Waals surface area (Å²) in [6.07, 6.45) is 0. The number of furan rings is 1. The monoisotopic (exact) mass is 187 g/mol. The van der Waals surface area contributed by atoms with Crippen molar-refractivity contribution in [3.05, 3.63) is 5.21 Å². The van der Waals surface area contributed by atoms with Gasteiger partial charge in [0.2, 0.25) is 5.52 Å². The number of hydrogen-bond donors (Lipinski definition) is 4. The highest BCUT2D eigenvalue weighted by atomic mass is 16.6. The quantitative estimate of drug-likeness (QED) is 0.240. The largest absolute Gasteiger partial charge is 0.591 e. The van der Waals surface area contributed by atoms with Crippen molar-refractivity contribution in [3.8, 4) is 11.8 Å². The lowest BCUT2D eigenvalue weighted by atomic mass is 10.4. The normalized spacial score (nSPS) is 11.1. The molecule has 0 aromatic carbocycles. The van der Waals surface area contributed by atoms with Crippen molar-refractivity contribution in [3.63, 3.8) is 0 Å². The van der Waals surface area contributed by atoms with Crippen molar-refractivity contribution in [1.29, 1.82) is 0 Å². The molecule has 0 aliphatic heterocycles. The SMILES string of the molecule is Nc1c(O)oc2c(O)[n+]([O-])n(O)c12. The molecule has 5 N–H and O–H groups in total. The van der Waals surface area contributed by atoms with E-state index >= 15 is 0 Å². The molecule has 0 aliphatic rings. The van der Waals surface area contributed by atoms with E-state index in [1.165, 1.54) is 0 Å². The minimum Gasteiger partial charge on any atom is -0.591 e. The van der Waals surface area contributed by atoms with Gasteiger partial charge in [-0.15, -0.1) is 0 Å². The van der Waals surface area contributed by atoms with E-state index in [0.717, 1.165) is 0 Å². The highest BCUT2D eigenvalue weighted by molar-refractivity contribution is 5.90. The van der Waals surface area contributed by atoms with E-state index in [1.807, 2.05) is 0 Å². The second-order valence-corrected chi connectivity index (χ2v) is 2.38. The first kappa shape index (κ1) is 7.40. The van der Waals surface area contributed by atoms with Crippen LogP contribution < -0.4 is 10.6 Å². The molecule has 70 valence electrons.